The summed E-state index contributed by atoms with van der Waals surface area (Å²) in [7, 11) is 1.68. The lowest BCUT2D eigenvalue weighted by Gasteiger charge is -2.13. The molecule has 0 atom stereocenters. The molecule has 0 radical (unpaired) electrons. The second-order valence-corrected chi connectivity index (χ2v) is 4.92. The summed E-state index contributed by atoms with van der Waals surface area (Å²) in [6.07, 6.45) is 1.12. The van der Waals surface area contributed by atoms with E-state index in [1.807, 2.05) is 36.4 Å². The van der Waals surface area contributed by atoms with Gasteiger partial charge in [0.25, 0.3) is 0 Å². The van der Waals surface area contributed by atoms with Crippen LogP contribution in [-0.2, 0) is 13.2 Å². The Kier molecular flexibility index (Phi) is 6.10. The molecular weight excluding hydrogens is 262 g/mol. The molecule has 0 spiro atoms. The highest BCUT2D eigenvalue weighted by atomic mass is 16.5. The van der Waals surface area contributed by atoms with Crippen molar-refractivity contribution in [1.29, 1.82) is 0 Å². The van der Waals surface area contributed by atoms with Crippen molar-refractivity contribution in [2.45, 2.75) is 26.5 Å². The summed E-state index contributed by atoms with van der Waals surface area (Å²) in [6.45, 7) is 4.52. The smallest absolute Gasteiger partial charge is 0.124 e. The second-order valence-electron chi connectivity index (χ2n) is 4.92. The summed E-state index contributed by atoms with van der Waals surface area (Å²) < 4.78 is 11.3. The van der Waals surface area contributed by atoms with Crippen molar-refractivity contribution < 1.29 is 9.47 Å². The van der Waals surface area contributed by atoms with Gasteiger partial charge in [0, 0.05) is 12.1 Å². The molecule has 0 heterocycles. The van der Waals surface area contributed by atoms with E-state index >= 15 is 0 Å². The zero-order valence-corrected chi connectivity index (χ0v) is 12.8. The Hall–Kier alpha value is -2.00. The summed E-state index contributed by atoms with van der Waals surface area (Å²) in [6, 6.07) is 16.1. The largest absolute Gasteiger partial charge is 0.497 e. The van der Waals surface area contributed by atoms with Gasteiger partial charge in [0.1, 0.15) is 18.1 Å². The zero-order valence-electron chi connectivity index (χ0n) is 12.8. The first-order chi connectivity index (χ1) is 10.3. The van der Waals surface area contributed by atoms with E-state index in [0.717, 1.165) is 36.6 Å². The van der Waals surface area contributed by atoms with Gasteiger partial charge in [-0.25, -0.2) is 0 Å². The van der Waals surface area contributed by atoms with Crippen LogP contribution in [0.3, 0.4) is 0 Å². The molecule has 0 saturated heterocycles. The van der Waals surface area contributed by atoms with Crippen LogP contribution in [0.2, 0.25) is 0 Å². The molecule has 112 valence electrons. The summed E-state index contributed by atoms with van der Waals surface area (Å²) in [5.74, 6) is 1.76. The van der Waals surface area contributed by atoms with Crippen molar-refractivity contribution in [2.75, 3.05) is 13.7 Å². The summed E-state index contributed by atoms with van der Waals surface area (Å²) in [5.41, 5.74) is 2.29. The van der Waals surface area contributed by atoms with E-state index in [2.05, 4.69) is 24.4 Å². The predicted molar refractivity (Wildman–Crippen MR) is 85.8 cm³/mol. The standard InChI is InChI=1S/C18H23NO2/c1-3-11-19-13-16-12-17(20-2)9-10-18(16)21-14-15-7-5-4-6-8-15/h4-10,12,19H,3,11,13-14H2,1-2H3. The Morgan fingerprint density at radius 1 is 1.05 bits per heavy atom. The molecule has 21 heavy (non-hydrogen) atoms. The monoisotopic (exact) mass is 285 g/mol. The minimum Gasteiger partial charge on any atom is -0.497 e. The Bertz CT molecular complexity index is 540. The lowest BCUT2D eigenvalue weighted by Crippen LogP contribution is -2.14. The van der Waals surface area contributed by atoms with Crippen LogP contribution in [0.5, 0.6) is 11.5 Å². The molecule has 3 heteroatoms. The Balaban J connectivity index is 2.05. The highest BCUT2D eigenvalue weighted by Gasteiger charge is 2.06. The molecule has 2 aromatic rings. The topological polar surface area (TPSA) is 30.5 Å². The van der Waals surface area contributed by atoms with Gasteiger partial charge in [-0.15, -0.1) is 0 Å². The van der Waals surface area contributed by atoms with Crippen LogP contribution in [0, 0.1) is 0 Å². The first-order valence-corrected chi connectivity index (χ1v) is 7.38. The van der Waals surface area contributed by atoms with E-state index in [-0.39, 0.29) is 0 Å². The maximum atomic E-state index is 5.96. The lowest BCUT2D eigenvalue weighted by atomic mass is 10.1. The number of methoxy groups -OCH3 is 1. The van der Waals surface area contributed by atoms with Gasteiger partial charge in [-0.3, -0.25) is 0 Å². The fraction of sp³-hybridized carbons (Fsp3) is 0.333. The zero-order chi connectivity index (χ0) is 14.9. The van der Waals surface area contributed by atoms with E-state index in [9.17, 15) is 0 Å². The fourth-order valence-corrected chi connectivity index (χ4v) is 2.10. The van der Waals surface area contributed by atoms with Crippen LogP contribution in [0.25, 0.3) is 0 Å². The minimum absolute atomic E-state index is 0.577. The second kappa shape index (κ2) is 8.32. The molecule has 0 aliphatic carbocycles. The van der Waals surface area contributed by atoms with E-state index in [0.29, 0.717) is 6.61 Å². The van der Waals surface area contributed by atoms with Crippen molar-refractivity contribution in [3.8, 4) is 11.5 Å². The van der Waals surface area contributed by atoms with Crippen LogP contribution in [0.4, 0.5) is 0 Å². The SMILES string of the molecule is CCCNCc1cc(OC)ccc1OCc1ccccc1. The first kappa shape index (κ1) is 15.4. The third-order valence-electron chi connectivity index (χ3n) is 3.25. The molecule has 0 fully saturated rings. The van der Waals surface area contributed by atoms with Gasteiger partial charge in [0.2, 0.25) is 0 Å². The highest BCUT2D eigenvalue weighted by molar-refractivity contribution is 5.40. The molecule has 0 aliphatic rings. The van der Waals surface area contributed by atoms with E-state index < -0.39 is 0 Å². The van der Waals surface area contributed by atoms with Gasteiger partial charge >= 0.3 is 0 Å². The maximum Gasteiger partial charge on any atom is 0.124 e. The number of hydrogen-bond donors (Lipinski definition) is 1. The predicted octanol–water partition coefficient (Wildman–Crippen LogP) is 3.77. The molecular formula is C18H23NO2. The average Bonchev–Trinajstić information content (AvgIpc) is 2.54. The van der Waals surface area contributed by atoms with Crippen molar-refractivity contribution in [1.82, 2.24) is 5.32 Å². The lowest BCUT2D eigenvalue weighted by molar-refractivity contribution is 0.301. The summed E-state index contributed by atoms with van der Waals surface area (Å²) in [5, 5.41) is 3.41. The molecule has 0 unspecified atom stereocenters. The quantitative estimate of drug-likeness (QED) is 0.749. The molecule has 2 aromatic carbocycles. The fourth-order valence-electron chi connectivity index (χ4n) is 2.10. The van der Waals surface area contributed by atoms with E-state index in [1.165, 1.54) is 5.56 Å². The molecule has 0 bridgehead atoms. The Morgan fingerprint density at radius 3 is 2.57 bits per heavy atom. The van der Waals surface area contributed by atoms with Gasteiger partial charge in [-0.05, 0) is 36.7 Å². The molecule has 1 N–H and O–H groups in total. The minimum atomic E-state index is 0.577. The van der Waals surface area contributed by atoms with Crippen molar-refractivity contribution >= 4 is 0 Å². The third-order valence-corrected chi connectivity index (χ3v) is 3.25. The average molecular weight is 285 g/mol. The first-order valence-electron chi connectivity index (χ1n) is 7.38. The van der Waals surface area contributed by atoms with Crippen LogP contribution >= 0.6 is 0 Å². The van der Waals surface area contributed by atoms with Gasteiger partial charge in [-0.1, -0.05) is 37.3 Å². The van der Waals surface area contributed by atoms with E-state index in [4.69, 9.17) is 9.47 Å². The maximum absolute atomic E-state index is 5.96. The highest BCUT2D eigenvalue weighted by Crippen LogP contribution is 2.25. The molecule has 0 amide bonds. The van der Waals surface area contributed by atoms with Gasteiger partial charge in [0.05, 0.1) is 7.11 Å². The van der Waals surface area contributed by atoms with Crippen molar-refractivity contribution in [2.24, 2.45) is 0 Å². The van der Waals surface area contributed by atoms with Crippen molar-refractivity contribution in [3.63, 3.8) is 0 Å². The number of hydrogen-bond acceptors (Lipinski definition) is 3. The molecule has 0 aromatic heterocycles. The molecule has 2 rings (SSSR count). The number of benzene rings is 2. The molecule has 3 nitrogen and oxygen atoms in total. The van der Waals surface area contributed by atoms with Crippen molar-refractivity contribution in [3.05, 3.63) is 59.7 Å². The van der Waals surface area contributed by atoms with Crippen LogP contribution in [-0.4, -0.2) is 13.7 Å². The van der Waals surface area contributed by atoms with Crippen LogP contribution in [0.1, 0.15) is 24.5 Å². The molecule has 0 aliphatic heterocycles. The van der Waals surface area contributed by atoms with Gasteiger partial charge < -0.3 is 14.8 Å². The Labute approximate surface area is 126 Å². The Morgan fingerprint density at radius 2 is 1.86 bits per heavy atom. The number of nitrogens with one attached hydrogen (secondary N) is 1. The third kappa shape index (κ3) is 4.80. The van der Waals surface area contributed by atoms with Crippen LogP contribution in [0.15, 0.2) is 48.5 Å². The van der Waals surface area contributed by atoms with Gasteiger partial charge in [0.15, 0.2) is 0 Å². The molecule has 0 saturated carbocycles. The number of rotatable bonds is 8. The summed E-state index contributed by atoms with van der Waals surface area (Å²) in [4.78, 5) is 0. The van der Waals surface area contributed by atoms with E-state index in [1.54, 1.807) is 7.11 Å². The number of ether oxygens (including phenoxy) is 2. The van der Waals surface area contributed by atoms with Crippen LogP contribution < -0.4 is 14.8 Å². The van der Waals surface area contributed by atoms with Gasteiger partial charge in [-0.2, -0.15) is 0 Å². The summed E-state index contributed by atoms with van der Waals surface area (Å²) >= 11 is 0. The normalized spacial score (nSPS) is 10.4.